The summed E-state index contributed by atoms with van der Waals surface area (Å²) in [5.74, 6) is -1.22. The van der Waals surface area contributed by atoms with Crippen molar-refractivity contribution in [2.75, 3.05) is 4.72 Å². The molecule has 5 nitrogen and oxygen atoms in total. The third kappa shape index (κ3) is 3.76. The molecule has 0 heterocycles. The molecule has 1 N–H and O–H groups in total. The van der Waals surface area contributed by atoms with E-state index >= 15 is 0 Å². The lowest BCUT2D eigenvalue weighted by molar-refractivity contribution is -0.255. The number of sulfonamides is 1. The van der Waals surface area contributed by atoms with Crippen LogP contribution in [0.3, 0.4) is 0 Å². The molecule has 0 saturated carbocycles. The summed E-state index contributed by atoms with van der Waals surface area (Å²) in [7, 11) is -3.91. The molecule has 0 amide bonds. The van der Waals surface area contributed by atoms with E-state index < -0.39 is 16.0 Å². The number of nitrogens with one attached hydrogen (secondary N) is 1. The molecule has 0 aliphatic rings. The monoisotopic (exact) mass is 346 g/mol. The van der Waals surface area contributed by atoms with E-state index in [0.717, 1.165) is 18.1 Å². The maximum atomic E-state index is 12.7. The minimum Gasteiger partial charge on any atom is -0.545 e. The highest BCUT2D eigenvalue weighted by atomic mass is 32.2. The van der Waals surface area contributed by atoms with Crippen LogP contribution in [-0.2, 0) is 10.0 Å². The summed E-state index contributed by atoms with van der Waals surface area (Å²) in [5.41, 5.74) is 1.70. The zero-order valence-electron chi connectivity index (χ0n) is 13.9. The van der Waals surface area contributed by atoms with Crippen LogP contribution in [0.1, 0.15) is 47.7 Å². The van der Waals surface area contributed by atoms with Gasteiger partial charge in [0, 0.05) is 0 Å². The first-order chi connectivity index (χ1) is 11.3. The van der Waals surface area contributed by atoms with Gasteiger partial charge in [-0.05, 0) is 48.1 Å². The molecular formula is C18H20NO4S-. The molecule has 0 bridgehead atoms. The van der Waals surface area contributed by atoms with Crippen molar-refractivity contribution in [2.45, 2.75) is 38.0 Å². The summed E-state index contributed by atoms with van der Waals surface area (Å²) < 4.78 is 28.1. The lowest BCUT2D eigenvalue weighted by Gasteiger charge is -2.17. The second-order valence-electron chi connectivity index (χ2n) is 5.77. The number of benzene rings is 2. The number of hydrogen-bond donors (Lipinski definition) is 1. The third-order valence-corrected chi connectivity index (χ3v) is 5.57. The number of rotatable bonds is 6. The molecule has 6 heteroatoms. The molecule has 0 aliphatic carbocycles. The van der Waals surface area contributed by atoms with E-state index in [1.54, 1.807) is 19.1 Å². The summed E-state index contributed by atoms with van der Waals surface area (Å²) in [5, 5.41) is 11.0. The number of carboxylic acid groups (broad SMARTS) is 1. The summed E-state index contributed by atoms with van der Waals surface area (Å²) in [4.78, 5) is 10.9. The highest BCUT2D eigenvalue weighted by Gasteiger charge is 2.20. The average Bonchev–Trinajstić information content (AvgIpc) is 2.54. The Kier molecular flexibility index (Phi) is 5.29. The number of carbonyl (C=O) groups is 1. The molecule has 1 atom stereocenters. The van der Waals surface area contributed by atoms with Gasteiger partial charge in [0.05, 0.1) is 16.6 Å². The van der Waals surface area contributed by atoms with Crippen LogP contribution in [0.2, 0.25) is 0 Å². The molecule has 2 aromatic rings. The summed E-state index contributed by atoms with van der Waals surface area (Å²) in [6, 6.07) is 11.1. The zero-order chi connectivity index (χ0) is 17.9. The number of carboxylic acids is 1. The molecule has 0 fully saturated rings. The third-order valence-electron chi connectivity index (χ3n) is 4.06. The first-order valence-electron chi connectivity index (χ1n) is 7.70. The van der Waals surface area contributed by atoms with E-state index in [4.69, 9.17) is 0 Å². The fourth-order valence-corrected chi connectivity index (χ4v) is 3.82. The standard InChI is InChI=1S/C18H21NO4S/c1-4-12(2)15-7-5-6-8-16(15)19-24(22,23)17-11-14(18(20)21)10-9-13(17)3/h5-12,19H,4H2,1-3H3,(H,20,21)/p-1/t12-/m0/s1. The van der Waals surface area contributed by atoms with Crippen LogP contribution in [0.25, 0.3) is 0 Å². The van der Waals surface area contributed by atoms with Crippen LogP contribution in [0.15, 0.2) is 47.4 Å². The zero-order valence-corrected chi connectivity index (χ0v) is 14.7. The number of carbonyl (C=O) groups excluding carboxylic acids is 1. The second-order valence-corrected chi connectivity index (χ2v) is 7.42. The van der Waals surface area contributed by atoms with E-state index in [1.807, 2.05) is 26.0 Å². The quantitative estimate of drug-likeness (QED) is 0.871. The highest BCUT2D eigenvalue weighted by Crippen LogP contribution is 2.29. The lowest BCUT2D eigenvalue weighted by atomic mass is 9.97. The van der Waals surface area contributed by atoms with Crippen molar-refractivity contribution >= 4 is 21.7 Å². The predicted molar refractivity (Wildman–Crippen MR) is 91.5 cm³/mol. The van der Waals surface area contributed by atoms with Crippen LogP contribution in [0.4, 0.5) is 5.69 Å². The Balaban J connectivity index is 2.47. The molecule has 0 saturated heterocycles. The van der Waals surface area contributed by atoms with Gasteiger partial charge in [0.15, 0.2) is 0 Å². The van der Waals surface area contributed by atoms with E-state index in [1.165, 1.54) is 12.1 Å². The number of anilines is 1. The number of aromatic carboxylic acids is 1. The van der Waals surface area contributed by atoms with E-state index in [-0.39, 0.29) is 16.4 Å². The topological polar surface area (TPSA) is 86.3 Å². The van der Waals surface area contributed by atoms with Crippen molar-refractivity contribution in [1.82, 2.24) is 0 Å². The molecule has 0 radical (unpaired) electrons. The van der Waals surface area contributed by atoms with Crippen LogP contribution < -0.4 is 9.83 Å². The fourth-order valence-electron chi connectivity index (χ4n) is 2.46. The van der Waals surface area contributed by atoms with Gasteiger partial charge in [-0.3, -0.25) is 4.72 Å². The Labute approximate surface area is 142 Å². The molecule has 0 aromatic heterocycles. The van der Waals surface area contributed by atoms with Crippen molar-refractivity contribution in [3.63, 3.8) is 0 Å². The van der Waals surface area contributed by atoms with Gasteiger partial charge < -0.3 is 9.90 Å². The lowest BCUT2D eigenvalue weighted by Crippen LogP contribution is -2.23. The Morgan fingerprint density at radius 3 is 2.50 bits per heavy atom. The summed E-state index contributed by atoms with van der Waals surface area (Å²) >= 11 is 0. The normalized spacial score (nSPS) is 12.6. The second kappa shape index (κ2) is 7.05. The van der Waals surface area contributed by atoms with Gasteiger partial charge in [-0.25, -0.2) is 8.42 Å². The molecule has 0 aliphatic heterocycles. The first-order valence-corrected chi connectivity index (χ1v) is 9.18. The minimum atomic E-state index is -3.91. The Bertz CT molecular complexity index is 859. The van der Waals surface area contributed by atoms with Crippen LogP contribution in [0.5, 0.6) is 0 Å². The highest BCUT2D eigenvalue weighted by molar-refractivity contribution is 7.92. The van der Waals surface area contributed by atoms with Gasteiger partial charge in [0.1, 0.15) is 0 Å². The summed E-state index contributed by atoms with van der Waals surface area (Å²) in [6.45, 7) is 5.67. The fraction of sp³-hybridized carbons (Fsp3) is 0.278. The molecule has 128 valence electrons. The van der Waals surface area contributed by atoms with Crippen LogP contribution >= 0.6 is 0 Å². The molecule has 2 rings (SSSR count). The molecule has 2 aromatic carbocycles. The number of aryl methyl sites for hydroxylation is 1. The van der Waals surface area contributed by atoms with Crippen molar-refractivity contribution in [1.29, 1.82) is 0 Å². The Morgan fingerprint density at radius 1 is 1.21 bits per heavy atom. The molecule has 0 spiro atoms. The van der Waals surface area contributed by atoms with E-state index in [2.05, 4.69) is 4.72 Å². The predicted octanol–water partition coefficient (Wildman–Crippen LogP) is 2.67. The maximum absolute atomic E-state index is 12.7. The van der Waals surface area contributed by atoms with Crippen molar-refractivity contribution < 1.29 is 18.3 Å². The maximum Gasteiger partial charge on any atom is 0.262 e. The first kappa shape index (κ1) is 18.0. The largest absolute Gasteiger partial charge is 0.545 e. The van der Waals surface area contributed by atoms with E-state index in [9.17, 15) is 18.3 Å². The van der Waals surface area contributed by atoms with Crippen molar-refractivity contribution in [3.05, 3.63) is 59.2 Å². The SMILES string of the molecule is CC[C@H](C)c1ccccc1NS(=O)(=O)c1cc(C(=O)[O-])ccc1C. The molecule has 24 heavy (non-hydrogen) atoms. The van der Waals surface area contributed by atoms with Gasteiger partial charge in [-0.15, -0.1) is 0 Å². The minimum absolute atomic E-state index is 0.0665. The van der Waals surface area contributed by atoms with Crippen molar-refractivity contribution in [3.8, 4) is 0 Å². The van der Waals surface area contributed by atoms with Crippen LogP contribution in [0, 0.1) is 6.92 Å². The van der Waals surface area contributed by atoms with E-state index in [0.29, 0.717) is 11.3 Å². The van der Waals surface area contributed by atoms with Gasteiger partial charge in [0.25, 0.3) is 10.0 Å². The van der Waals surface area contributed by atoms with Gasteiger partial charge >= 0.3 is 0 Å². The number of para-hydroxylation sites is 1. The van der Waals surface area contributed by atoms with Crippen LogP contribution in [-0.4, -0.2) is 14.4 Å². The summed E-state index contributed by atoms with van der Waals surface area (Å²) in [6.07, 6.45) is 0.873. The Hall–Kier alpha value is -2.34. The Morgan fingerprint density at radius 2 is 1.88 bits per heavy atom. The average molecular weight is 346 g/mol. The molecule has 0 unspecified atom stereocenters. The molecular weight excluding hydrogens is 326 g/mol. The number of hydrogen-bond acceptors (Lipinski definition) is 4. The smallest absolute Gasteiger partial charge is 0.262 e. The van der Waals surface area contributed by atoms with Gasteiger partial charge in [-0.1, -0.05) is 44.2 Å². The van der Waals surface area contributed by atoms with Gasteiger partial charge in [0.2, 0.25) is 0 Å². The van der Waals surface area contributed by atoms with Crippen molar-refractivity contribution in [2.24, 2.45) is 0 Å². The van der Waals surface area contributed by atoms with Gasteiger partial charge in [-0.2, -0.15) is 0 Å².